The molecule has 6 nitrogen and oxygen atoms in total. The first-order valence-corrected chi connectivity index (χ1v) is 5.45. The van der Waals surface area contributed by atoms with Crippen LogP contribution >= 0.6 is 24.0 Å². The van der Waals surface area contributed by atoms with E-state index in [2.05, 4.69) is 15.2 Å². The Morgan fingerprint density at radius 2 is 1.84 bits per heavy atom. The molecule has 19 heavy (non-hydrogen) atoms. The number of fused-ring (bicyclic) bond motifs is 2. The van der Waals surface area contributed by atoms with Gasteiger partial charge in [-0.2, -0.15) is 0 Å². The summed E-state index contributed by atoms with van der Waals surface area (Å²) < 4.78 is 0. The van der Waals surface area contributed by atoms with Gasteiger partial charge < -0.3 is 5.73 Å². The molecule has 0 fully saturated rings. The third kappa shape index (κ3) is 1.94. The number of anilines is 1. The molecule has 0 radical (unpaired) electrons. The van der Waals surface area contributed by atoms with Crippen LogP contribution in [0, 0.1) is 0 Å². The van der Waals surface area contributed by atoms with Gasteiger partial charge in [-0.1, -0.05) is 11.6 Å². The van der Waals surface area contributed by atoms with Crippen molar-refractivity contribution in [1.29, 1.82) is 0 Å². The van der Waals surface area contributed by atoms with Crippen LogP contribution in [0.5, 0.6) is 0 Å². The van der Waals surface area contributed by atoms with Gasteiger partial charge in [0.25, 0.3) is 11.1 Å². The third-order valence-corrected chi connectivity index (χ3v) is 2.96. The summed E-state index contributed by atoms with van der Waals surface area (Å²) in [5.74, 6) is 0. The average molecular weight is 299 g/mol. The average Bonchev–Trinajstić information content (AvgIpc) is 2.33. The molecule has 0 spiro atoms. The van der Waals surface area contributed by atoms with E-state index in [9.17, 15) is 9.59 Å². The lowest BCUT2D eigenvalue weighted by atomic mass is 10.1. The van der Waals surface area contributed by atoms with Crippen LogP contribution in [0.25, 0.3) is 21.8 Å². The predicted octanol–water partition coefficient (Wildman–Crippen LogP) is 1.42. The third-order valence-electron chi connectivity index (χ3n) is 2.72. The van der Waals surface area contributed by atoms with E-state index in [0.29, 0.717) is 15.9 Å². The topological polar surface area (TPSA) is 105 Å². The van der Waals surface area contributed by atoms with Crippen LogP contribution < -0.4 is 16.9 Å². The number of nitrogens with zero attached hydrogens (tertiary/aromatic N) is 1. The highest BCUT2D eigenvalue weighted by Gasteiger charge is 2.12. The summed E-state index contributed by atoms with van der Waals surface area (Å²) in [6.07, 6.45) is 0. The van der Waals surface area contributed by atoms with Gasteiger partial charge in [-0.3, -0.25) is 19.8 Å². The van der Waals surface area contributed by atoms with E-state index in [-0.39, 0.29) is 29.0 Å². The van der Waals surface area contributed by atoms with Gasteiger partial charge in [0, 0.05) is 10.4 Å². The van der Waals surface area contributed by atoms with Crippen molar-refractivity contribution >= 4 is 51.5 Å². The SMILES string of the molecule is Cl.Nc1c2ccc(Cl)cc2nc2c(=O)[nH][nH]c(=O)c12. The molecular formula is C11H8Cl2N4O2. The standard InChI is InChI=1S/C11H7ClN4O2.ClH/c12-4-1-2-5-6(3-4)14-9-7(8(5)13)10(17)15-16-11(9)18;/h1-3H,(H2,13,14)(H,15,17)(H,16,18);1H. The van der Waals surface area contributed by atoms with Crippen LogP contribution in [0.4, 0.5) is 5.69 Å². The fourth-order valence-corrected chi connectivity index (χ4v) is 2.06. The molecule has 2 aromatic heterocycles. The maximum atomic E-state index is 11.7. The minimum absolute atomic E-state index is 0. The summed E-state index contributed by atoms with van der Waals surface area (Å²) in [6.45, 7) is 0. The van der Waals surface area contributed by atoms with Gasteiger partial charge in [-0.05, 0) is 18.2 Å². The van der Waals surface area contributed by atoms with E-state index < -0.39 is 11.1 Å². The Labute approximate surface area is 117 Å². The van der Waals surface area contributed by atoms with E-state index in [1.165, 1.54) is 0 Å². The monoisotopic (exact) mass is 298 g/mol. The van der Waals surface area contributed by atoms with Gasteiger partial charge in [0.15, 0.2) is 0 Å². The zero-order valence-electron chi connectivity index (χ0n) is 9.36. The molecule has 0 aliphatic heterocycles. The van der Waals surface area contributed by atoms with Crippen molar-refractivity contribution in [2.24, 2.45) is 0 Å². The molecule has 0 bridgehead atoms. The minimum atomic E-state index is -0.502. The highest BCUT2D eigenvalue weighted by atomic mass is 35.5. The number of rotatable bonds is 0. The largest absolute Gasteiger partial charge is 0.397 e. The smallest absolute Gasteiger partial charge is 0.289 e. The molecule has 0 saturated carbocycles. The van der Waals surface area contributed by atoms with Crippen LogP contribution in [0.2, 0.25) is 5.02 Å². The Morgan fingerprint density at radius 1 is 1.16 bits per heavy atom. The lowest BCUT2D eigenvalue weighted by Crippen LogP contribution is -2.21. The second-order valence-corrected chi connectivity index (χ2v) is 4.26. The maximum absolute atomic E-state index is 11.7. The zero-order valence-corrected chi connectivity index (χ0v) is 10.9. The summed E-state index contributed by atoms with van der Waals surface area (Å²) in [7, 11) is 0. The first-order chi connectivity index (χ1) is 8.58. The van der Waals surface area contributed by atoms with Gasteiger partial charge >= 0.3 is 0 Å². The Balaban J connectivity index is 0.00000133. The van der Waals surface area contributed by atoms with Crippen LogP contribution in [0.1, 0.15) is 0 Å². The second-order valence-electron chi connectivity index (χ2n) is 3.82. The lowest BCUT2D eigenvalue weighted by molar-refractivity contribution is 0.972. The number of pyridine rings is 1. The Bertz CT molecular complexity index is 901. The fourth-order valence-electron chi connectivity index (χ4n) is 1.89. The van der Waals surface area contributed by atoms with Crippen LogP contribution in [-0.4, -0.2) is 15.2 Å². The molecule has 3 rings (SSSR count). The number of aromatic nitrogens is 3. The molecular weight excluding hydrogens is 291 g/mol. The molecule has 0 atom stereocenters. The lowest BCUT2D eigenvalue weighted by Gasteiger charge is -2.05. The molecule has 3 aromatic rings. The summed E-state index contributed by atoms with van der Waals surface area (Å²) in [4.78, 5) is 27.5. The number of hydrogen-bond acceptors (Lipinski definition) is 4. The highest BCUT2D eigenvalue weighted by molar-refractivity contribution is 6.31. The number of benzene rings is 1. The molecule has 0 aliphatic rings. The van der Waals surface area contributed by atoms with E-state index in [4.69, 9.17) is 17.3 Å². The van der Waals surface area contributed by atoms with E-state index >= 15 is 0 Å². The van der Waals surface area contributed by atoms with Crippen molar-refractivity contribution in [2.75, 3.05) is 5.73 Å². The molecule has 8 heteroatoms. The Morgan fingerprint density at radius 3 is 2.58 bits per heavy atom. The van der Waals surface area contributed by atoms with Crippen molar-refractivity contribution in [1.82, 2.24) is 15.2 Å². The number of nitrogen functional groups attached to an aromatic ring is 1. The van der Waals surface area contributed by atoms with Crippen LogP contribution in [0.15, 0.2) is 27.8 Å². The summed E-state index contributed by atoms with van der Waals surface area (Å²) >= 11 is 5.86. The Kier molecular flexibility index (Phi) is 3.21. The van der Waals surface area contributed by atoms with Crippen molar-refractivity contribution in [3.8, 4) is 0 Å². The normalized spacial score (nSPS) is 10.6. The minimum Gasteiger partial charge on any atom is -0.397 e. The summed E-state index contributed by atoms with van der Waals surface area (Å²) in [6, 6.07) is 4.91. The van der Waals surface area contributed by atoms with Crippen molar-refractivity contribution in [3.63, 3.8) is 0 Å². The van der Waals surface area contributed by atoms with E-state index in [1.54, 1.807) is 18.2 Å². The van der Waals surface area contributed by atoms with Crippen LogP contribution in [0.3, 0.4) is 0 Å². The van der Waals surface area contributed by atoms with Gasteiger partial charge in [0.05, 0.1) is 16.6 Å². The molecule has 98 valence electrons. The number of aromatic amines is 2. The van der Waals surface area contributed by atoms with Gasteiger partial charge in [-0.25, -0.2) is 4.98 Å². The fraction of sp³-hybridized carbons (Fsp3) is 0. The highest BCUT2D eigenvalue weighted by Crippen LogP contribution is 2.26. The van der Waals surface area contributed by atoms with Crippen LogP contribution in [-0.2, 0) is 0 Å². The van der Waals surface area contributed by atoms with Crippen molar-refractivity contribution < 1.29 is 0 Å². The molecule has 2 heterocycles. The van der Waals surface area contributed by atoms with E-state index in [0.717, 1.165) is 0 Å². The number of H-pyrrole nitrogens is 2. The van der Waals surface area contributed by atoms with Crippen molar-refractivity contribution in [2.45, 2.75) is 0 Å². The molecule has 0 aliphatic carbocycles. The summed E-state index contributed by atoms with van der Waals surface area (Å²) in [5, 5.41) is 5.58. The van der Waals surface area contributed by atoms with Gasteiger partial charge in [-0.15, -0.1) is 12.4 Å². The first kappa shape index (κ1) is 13.4. The van der Waals surface area contributed by atoms with Gasteiger partial charge in [0.2, 0.25) is 0 Å². The number of nitrogens with two attached hydrogens (primary N) is 1. The molecule has 0 unspecified atom stereocenters. The maximum Gasteiger partial charge on any atom is 0.289 e. The van der Waals surface area contributed by atoms with E-state index in [1.807, 2.05) is 0 Å². The predicted molar refractivity (Wildman–Crippen MR) is 77.2 cm³/mol. The number of hydrogen-bond donors (Lipinski definition) is 3. The van der Waals surface area contributed by atoms with Crippen molar-refractivity contribution in [3.05, 3.63) is 43.9 Å². The first-order valence-electron chi connectivity index (χ1n) is 5.07. The quantitative estimate of drug-likeness (QED) is 0.546. The number of nitrogens with one attached hydrogen (secondary N) is 2. The molecule has 0 amide bonds. The molecule has 1 aromatic carbocycles. The Hall–Kier alpha value is -2.05. The zero-order chi connectivity index (χ0) is 12.9. The number of halogens is 2. The molecule has 0 saturated heterocycles. The summed E-state index contributed by atoms with van der Waals surface area (Å²) in [5.41, 5.74) is 5.64. The second kappa shape index (κ2) is 4.56. The molecule has 4 N–H and O–H groups in total. The van der Waals surface area contributed by atoms with Gasteiger partial charge in [0.1, 0.15) is 5.52 Å².